The molecule has 0 rings (SSSR count). The topological polar surface area (TPSA) is 41.6 Å². The van der Waals surface area contributed by atoms with Crippen molar-refractivity contribution >= 4 is 17.8 Å². The highest BCUT2D eigenvalue weighted by Crippen LogP contribution is 1.82. The van der Waals surface area contributed by atoms with Crippen LogP contribution in [0.2, 0.25) is 0 Å². The van der Waals surface area contributed by atoms with Crippen LogP contribution in [-0.2, 0) is 4.84 Å². The van der Waals surface area contributed by atoms with Crippen molar-refractivity contribution in [3.05, 3.63) is 0 Å². The summed E-state index contributed by atoms with van der Waals surface area (Å²) >= 11 is 4.90. The number of hydrogen-bond donors (Lipinski definition) is 1. The lowest BCUT2D eigenvalue weighted by Crippen LogP contribution is -2.31. The predicted molar refractivity (Wildman–Crippen MR) is 29.2 cm³/mol. The highest BCUT2D eigenvalue weighted by atomic mass is 35.5. The Bertz CT molecular complexity index is 87.4. The van der Waals surface area contributed by atoms with Gasteiger partial charge in [0.05, 0.1) is 7.11 Å². The van der Waals surface area contributed by atoms with Crippen molar-refractivity contribution in [3.63, 3.8) is 0 Å². The molecular formula is C3H7ClN2O2. The number of nitrogens with one attached hydrogen (secondary N) is 1. The van der Waals surface area contributed by atoms with Crippen LogP contribution in [0.15, 0.2) is 0 Å². The maximum absolute atomic E-state index is 10.3. The number of rotatable bonds is 1. The molecule has 0 aromatic rings. The summed E-state index contributed by atoms with van der Waals surface area (Å²) in [7, 11) is 2.81. The van der Waals surface area contributed by atoms with Gasteiger partial charge in [-0.2, -0.15) is 0 Å². The van der Waals surface area contributed by atoms with Gasteiger partial charge >= 0.3 is 6.03 Å². The number of urea groups is 1. The van der Waals surface area contributed by atoms with Crippen molar-refractivity contribution < 1.29 is 9.63 Å². The molecule has 0 radical (unpaired) electrons. The van der Waals surface area contributed by atoms with Gasteiger partial charge in [0.1, 0.15) is 0 Å². The first-order valence-corrected chi connectivity index (χ1v) is 2.28. The van der Waals surface area contributed by atoms with Gasteiger partial charge in [-0.05, 0) is 0 Å². The van der Waals surface area contributed by atoms with Crippen LogP contribution >= 0.6 is 11.8 Å². The van der Waals surface area contributed by atoms with Gasteiger partial charge in [-0.25, -0.2) is 14.7 Å². The Kier molecular flexibility index (Phi) is 3.30. The van der Waals surface area contributed by atoms with Gasteiger partial charge < -0.3 is 0 Å². The Morgan fingerprint density at radius 1 is 1.88 bits per heavy atom. The van der Waals surface area contributed by atoms with E-state index in [-0.39, 0.29) is 0 Å². The monoisotopic (exact) mass is 138 g/mol. The smallest absolute Gasteiger partial charge is 0.273 e. The summed E-state index contributed by atoms with van der Waals surface area (Å²) in [6, 6.07) is -0.492. The number of nitrogens with zero attached hydrogens (tertiary/aromatic N) is 1. The third-order valence-electron chi connectivity index (χ3n) is 0.641. The number of carbonyl (C=O) groups excluding carboxylic acids is 1. The van der Waals surface area contributed by atoms with E-state index >= 15 is 0 Å². The molecule has 0 fully saturated rings. The van der Waals surface area contributed by atoms with Crippen LogP contribution in [0.4, 0.5) is 4.79 Å². The van der Waals surface area contributed by atoms with Crippen LogP contribution in [0.25, 0.3) is 0 Å². The summed E-state index contributed by atoms with van der Waals surface area (Å²) in [6.45, 7) is 0. The van der Waals surface area contributed by atoms with E-state index in [1.807, 2.05) is 4.84 Å². The minimum atomic E-state index is -0.492. The lowest BCUT2D eigenvalue weighted by atomic mass is 11.0. The van der Waals surface area contributed by atoms with E-state index in [4.69, 9.17) is 11.8 Å². The second-order valence-electron chi connectivity index (χ2n) is 1.08. The summed E-state index contributed by atoms with van der Waals surface area (Å²) in [4.78, 5) is 16.6. The molecule has 0 heterocycles. The van der Waals surface area contributed by atoms with Crippen LogP contribution in [-0.4, -0.2) is 25.3 Å². The molecule has 2 amide bonds. The fourth-order valence-electron chi connectivity index (χ4n) is 0.142. The van der Waals surface area contributed by atoms with Crippen molar-refractivity contribution in [2.45, 2.75) is 0 Å². The zero-order valence-corrected chi connectivity index (χ0v) is 5.40. The van der Waals surface area contributed by atoms with Crippen molar-refractivity contribution in [2.75, 3.05) is 14.2 Å². The molecule has 0 saturated carbocycles. The Balaban J connectivity index is 3.46. The van der Waals surface area contributed by atoms with E-state index in [1.54, 1.807) is 0 Å². The average molecular weight is 139 g/mol. The van der Waals surface area contributed by atoms with Gasteiger partial charge in [0.25, 0.3) is 0 Å². The van der Waals surface area contributed by atoms with E-state index in [0.717, 1.165) is 5.06 Å². The Hall–Kier alpha value is -0.480. The Labute approximate surface area is 52.4 Å². The maximum Gasteiger partial charge on any atom is 0.355 e. The SMILES string of the molecule is CON(C)C(=O)NCl. The number of hydroxylamine groups is 2. The Morgan fingerprint density at radius 3 is 2.50 bits per heavy atom. The maximum atomic E-state index is 10.3. The van der Waals surface area contributed by atoms with Gasteiger partial charge in [-0.15, -0.1) is 0 Å². The molecule has 1 N–H and O–H groups in total. The summed E-state index contributed by atoms with van der Waals surface area (Å²) in [5, 5.41) is 0.965. The molecule has 0 spiro atoms. The normalized spacial score (nSPS) is 8.38. The standard InChI is InChI=1S/C3H7ClN2O2/c1-6(8-2)3(7)5-4/h1-2H3,(H,5,7). The summed E-state index contributed by atoms with van der Waals surface area (Å²) in [5.74, 6) is 0. The van der Waals surface area contributed by atoms with Gasteiger partial charge in [0.2, 0.25) is 0 Å². The van der Waals surface area contributed by atoms with E-state index in [0.29, 0.717) is 0 Å². The molecule has 0 saturated heterocycles. The molecule has 0 unspecified atom stereocenters. The molecule has 0 aliphatic heterocycles. The van der Waals surface area contributed by atoms with Gasteiger partial charge in [-0.3, -0.25) is 4.84 Å². The third kappa shape index (κ3) is 1.99. The molecular weight excluding hydrogens is 131 g/mol. The first-order valence-electron chi connectivity index (χ1n) is 1.90. The lowest BCUT2D eigenvalue weighted by Gasteiger charge is -2.10. The first kappa shape index (κ1) is 7.52. The van der Waals surface area contributed by atoms with Crippen LogP contribution in [0.3, 0.4) is 0 Å². The van der Waals surface area contributed by atoms with Crippen LogP contribution in [0.1, 0.15) is 0 Å². The molecule has 0 atom stereocenters. The average Bonchev–Trinajstić information content (AvgIpc) is 1.84. The molecule has 0 bridgehead atoms. The highest BCUT2D eigenvalue weighted by molar-refractivity contribution is 6.20. The number of carbonyl (C=O) groups is 1. The summed E-state index contributed by atoms with van der Waals surface area (Å²) in [5.41, 5.74) is 0. The zero-order chi connectivity index (χ0) is 6.57. The molecule has 0 aliphatic carbocycles. The van der Waals surface area contributed by atoms with Crippen LogP contribution < -0.4 is 4.84 Å². The van der Waals surface area contributed by atoms with Gasteiger partial charge in [0.15, 0.2) is 0 Å². The minimum absolute atomic E-state index is 0.492. The number of hydrogen-bond acceptors (Lipinski definition) is 2. The fourth-order valence-corrected chi connectivity index (χ4v) is 0.261. The van der Waals surface area contributed by atoms with Gasteiger partial charge in [0, 0.05) is 18.8 Å². The van der Waals surface area contributed by atoms with E-state index in [2.05, 4.69) is 4.84 Å². The number of halogens is 1. The zero-order valence-electron chi connectivity index (χ0n) is 4.64. The first-order chi connectivity index (χ1) is 3.72. The molecule has 0 aromatic carbocycles. The second-order valence-corrected chi connectivity index (χ2v) is 1.27. The van der Waals surface area contributed by atoms with Crippen molar-refractivity contribution in [1.29, 1.82) is 0 Å². The molecule has 8 heavy (non-hydrogen) atoms. The molecule has 5 heteroatoms. The largest absolute Gasteiger partial charge is 0.355 e. The quantitative estimate of drug-likeness (QED) is 0.420. The predicted octanol–water partition coefficient (Wildman–Crippen LogP) is 0.343. The lowest BCUT2D eigenvalue weighted by molar-refractivity contribution is -0.0629. The molecule has 4 nitrogen and oxygen atoms in total. The molecule has 0 aromatic heterocycles. The van der Waals surface area contributed by atoms with Crippen LogP contribution in [0.5, 0.6) is 0 Å². The molecule has 0 aliphatic rings. The van der Waals surface area contributed by atoms with Crippen molar-refractivity contribution in [1.82, 2.24) is 9.90 Å². The number of amides is 2. The summed E-state index contributed by atoms with van der Waals surface area (Å²) in [6.07, 6.45) is 0. The second kappa shape index (κ2) is 3.51. The highest BCUT2D eigenvalue weighted by Gasteiger charge is 2.02. The fraction of sp³-hybridized carbons (Fsp3) is 0.667. The third-order valence-corrected chi connectivity index (χ3v) is 0.802. The van der Waals surface area contributed by atoms with E-state index in [1.165, 1.54) is 14.2 Å². The Morgan fingerprint density at radius 2 is 2.38 bits per heavy atom. The van der Waals surface area contributed by atoms with Crippen molar-refractivity contribution in [2.24, 2.45) is 0 Å². The van der Waals surface area contributed by atoms with E-state index in [9.17, 15) is 4.79 Å². The molecule has 48 valence electrons. The van der Waals surface area contributed by atoms with Crippen molar-refractivity contribution in [3.8, 4) is 0 Å². The van der Waals surface area contributed by atoms with E-state index < -0.39 is 6.03 Å². The van der Waals surface area contributed by atoms with Gasteiger partial charge in [-0.1, -0.05) is 0 Å². The van der Waals surface area contributed by atoms with Crippen LogP contribution in [0, 0.1) is 0 Å². The summed E-state index contributed by atoms with van der Waals surface area (Å²) < 4.78 is 0. The minimum Gasteiger partial charge on any atom is -0.273 e.